The first-order valence-electron chi connectivity index (χ1n) is 8.55. The molecule has 118 valence electrons. The summed E-state index contributed by atoms with van der Waals surface area (Å²) < 4.78 is 0. The van der Waals surface area contributed by atoms with E-state index in [0.717, 1.165) is 38.5 Å². The lowest BCUT2D eigenvalue weighted by molar-refractivity contribution is -0.165. The third-order valence-electron chi connectivity index (χ3n) is 6.24. The van der Waals surface area contributed by atoms with Crippen LogP contribution in [0.25, 0.3) is 0 Å². The molecule has 21 heavy (non-hydrogen) atoms. The van der Waals surface area contributed by atoms with Crippen molar-refractivity contribution in [2.45, 2.75) is 70.9 Å². The Balaban J connectivity index is 1.86. The fourth-order valence-electron chi connectivity index (χ4n) is 5.19. The molecule has 1 heterocycles. The smallest absolute Gasteiger partial charge is 0.307 e. The van der Waals surface area contributed by atoms with Gasteiger partial charge in [0.15, 0.2) is 0 Å². The van der Waals surface area contributed by atoms with Crippen LogP contribution in [0.2, 0.25) is 0 Å². The van der Waals surface area contributed by atoms with Gasteiger partial charge >= 0.3 is 5.97 Å². The molecule has 4 fully saturated rings. The SMILES string of the molecule is C[C@@H]1CCC[C@H](C)N1C(=O)[C@H]1C2CCC(CC2)[C@H]1C(=O)O. The minimum atomic E-state index is -0.750. The molecule has 0 unspecified atom stereocenters. The second-order valence-corrected chi connectivity index (χ2v) is 7.44. The number of hydrogen-bond donors (Lipinski definition) is 1. The van der Waals surface area contributed by atoms with Crippen LogP contribution in [-0.4, -0.2) is 34.0 Å². The predicted octanol–water partition coefficient (Wildman–Crippen LogP) is 2.91. The van der Waals surface area contributed by atoms with Crippen molar-refractivity contribution in [3.63, 3.8) is 0 Å². The Morgan fingerprint density at radius 3 is 1.81 bits per heavy atom. The lowest BCUT2D eigenvalue weighted by Crippen LogP contribution is -2.56. The van der Waals surface area contributed by atoms with Crippen molar-refractivity contribution in [3.05, 3.63) is 0 Å². The zero-order chi connectivity index (χ0) is 15.1. The number of fused-ring (bicyclic) bond motifs is 3. The van der Waals surface area contributed by atoms with E-state index in [9.17, 15) is 14.7 Å². The van der Waals surface area contributed by atoms with Gasteiger partial charge in [-0.25, -0.2) is 0 Å². The van der Waals surface area contributed by atoms with Crippen molar-refractivity contribution < 1.29 is 14.7 Å². The Labute approximate surface area is 126 Å². The van der Waals surface area contributed by atoms with Gasteiger partial charge in [0.1, 0.15) is 0 Å². The standard InChI is InChI=1S/C17H27NO3/c1-10-4-3-5-11(2)18(10)16(19)14-12-6-8-13(9-7-12)15(14)17(20)21/h10-15H,3-9H2,1-2H3,(H,20,21)/t10-,11+,12?,13?,14-,15+/m0/s1. The van der Waals surface area contributed by atoms with Gasteiger partial charge < -0.3 is 10.0 Å². The number of hydrogen-bond acceptors (Lipinski definition) is 2. The van der Waals surface area contributed by atoms with Gasteiger partial charge in [0.05, 0.1) is 11.8 Å². The number of amides is 1. The Hall–Kier alpha value is -1.06. The molecule has 3 saturated carbocycles. The van der Waals surface area contributed by atoms with E-state index in [2.05, 4.69) is 13.8 Å². The van der Waals surface area contributed by atoms with E-state index < -0.39 is 11.9 Å². The zero-order valence-corrected chi connectivity index (χ0v) is 13.1. The van der Waals surface area contributed by atoms with Crippen LogP contribution in [0, 0.1) is 23.7 Å². The molecule has 0 spiro atoms. The molecule has 1 aliphatic heterocycles. The minimum absolute atomic E-state index is 0.136. The summed E-state index contributed by atoms with van der Waals surface area (Å²) >= 11 is 0. The highest BCUT2D eigenvalue weighted by Crippen LogP contribution is 2.50. The van der Waals surface area contributed by atoms with Crippen LogP contribution in [0.4, 0.5) is 0 Å². The Morgan fingerprint density at radius 1 is 0.857 bits per heavy atom. The van der Waals surface area contributed by atoms with Gasteiger partial charge in [0.2, 0.25) is 5.91 Å². The predicted molar refractivity (Wildman–Crippen MR) is 79.7 cm³/mol. The number of carbonyl (C=O) groups is 2. The molecule has 1 N–H and O–H groups in total. The fraction of sp³-hybridized carbons (Fsp3) is 0.882. The first-order valence-corrected chi connectivity index (χ1v) is 8.55. The normalized spacial score (nSPS) is 42.9. The highest BCUT2D eigenvalue weighted by molar-refractivity contribution is 5.86. The summed E-state index contributed by atoms with van der Waals surface area (Å²) in [5.74, 6) is -0.803. The first kappa shape index (κ1) is 14.9. The van der Waals surface area contributed by atoms with Gasteiger partial charge in [0, 0.05) is 12.1 Å². The summed E-state index contributed by atoms with van der Waals surface area (Å²) in [6.07, 6.45) is 7.35. The molecular weight excluding hydrogens is 266 g/mol. The number of carbonyl (C=O) groups excluding carboxylic acids is 1. The van der Waals surface area contributed by atoms with E-state index in [4.69, 9.17) is 0 Å². The van der Waals surface area contributed by atoms with Crippen molar-refractivity contribution in [2.75, 3.05) is 0 Å². The third kappa shape index (κ3) is 2.47. The average Bonchev–Trinajstić information content (AvgIpc) is 2.47. The van der Waals surface area contributed by atoms with Gasteiger partial charge in [0.25, 0.3) is 0 Å². The van der Waals surface area contributed by atoms with Gasteiger partial charge in [-0.2, -0.15) is 0 Å². The largest absolute Gasteiger partial charge is 0.481 e. The minimum Gasteiger partial charge on any atom is -0.481 e. The summed E-state index contributed by atoms with van der Waals surface area (Å²) in [7, 11) is 0. The Morgan fingerprint density at radius 2 is 1.33 bits per heavy atom. The fourth-order valence-corrected chi connectivity index (χ4v) is 5.19. The molecule has 4 aliphatic rings. The number of likely N-dealkylation sites (tertiary alicyclic amines) is 1. The molecule has 4 heteroatoms. The van der Waals surface area contributed by atoms with Gasteiger partial charge in [-0.3, -0.25) is 9.59 Å². The van der Waals surface area contributed by atoms with Crippen LogP contribution in [0.5, 0.6) is 0 Å². The summed E-state index contributed by atoms with van der Waals surface area (Å²) in [4.78, 5) is 26.9. The van der Waals surface area contributed by atoms with E-state index in [1.54, 1.807) is 0 Å². The number of aliphatic carboxylic acids is 1. The summed E-state index contributed by atoms with van der Waals surface area (Å²) in [6.45, 7) is 4.23. The third-order valence-corrected chi connectivity index (χ3v) is 6.24. The van der Waals surface area contributed by atoms with Crippen molar-refractivity contribution in [1.82, 2.24) is 4.90 Å². The molecule has 2 bridgehead atoms. The van der Waals surface area contributed by atoms with E-state index in [0.29, 0.717) is 5.92 Å². The first-order chi connectivity index (χ1) is 10.0. The molecule has 0 aromatic heterocycles. The van der Waals surface area contributed by atoms with Crippen molar-refractivity contribution in [3.8, 4) is 0 Å². The molecule has 0 radical (unpaired) electrons. The van der Waals surface area contributed by atoms with E-state index in [-0.39, 0.29) is 29.8 Å². The maximum absolute atomic E-state index is 13.1. The van der Waals surface area contributed by atoms with Gasteiger partial charge in [-0.15, -0.1) is 0 Å². The molecule has 1 amide bonds. The van der Waals surface area contributed by atoms with Crippen LogP contribution in [0.15, 0.2) is 0 Å². The van der Waals surface area contributed by atoms with Crippen LogP contribution in [0.1, 0.15) is 58.8 Å². The van der Waals surface area contributed by atoms with Crippen LogP contribution in [-0.2, 0) is 9.59 Å². The number of carboxylic acid groups (broad SMARTS) is 1. The number of nitrogens with zero attached hydrogens (tertiary/aromatic N) is 1. The molecule has 4 atom stereocenters. The Bertz CT molecular complexity index is 418. The van der Waals surface area contributed by atoms with Crippen molar-refractivity contribution in [2.24, 2.45) is 23.7 Å². The second-order valence-electron chi connectivity index (χ2n) is 7.44. The monoisotopic (exact) mass is 293 g/mol. The molecule has 3 aliphatic carbocycles. The lowest BCUT2D eigenvalue weighted by Gasteiger charge is -2.49. The molecular formula is C17H27NO3. The van der Waals surface area contributed by atoms with E-state index >= 15 is 0 Å². The van der Waals surface area contributed by atoms with Crippen molar-refractivity contribution in [1.29, 1.82) is 0 Å². The van der Waals surface area contributed by atoms with E-state index in [1.165, 1.54) is 6.42 Å². The summed E-state index contributed by atoms with van der Waals surface area (Å²) in [6, 6.07) is 0.521. The highest BCUT2D eigenvalue weighted by atomic mass is 16.4. The average molecular weight is 293 g/mol. The molecule has 4 rings (SSSR count). The molecule has 0 aromatic carbocycles. The maximum atomic E-state index is 13.1. The number of piperidine rings is 1. The van der Waals surface area contributed by atoms with Crippen LogP contribution in [0.3, 0.4) is 0 Å². The maximum Gasteiger partial charge on any atom is 0.307 e. The molecule has 0 aromatic rings. The summed E-state index contributed by atoms with van der Waals surface area (Å²) in [5.41, 5.74) is 0. The van der Waals surface area contributed by atoms with Gasteiger partial charge in [-0.1, -0.05) is 0 Å². The topological polar surface area (TPSA) is 57.6 Å². The van der Waals surface area contributed by atoms with Crippen LogP contribution < -0.4 is 0 Å². The molecule has 4 nitrogen and oxygen atoms in total. The van der Waals surface area contributed by atoms with Crippen molar-refractivity contribution >= 4 is 11.9 Å². The highest BCUT2D eigenvalue weighted by Gasteiger charge is 2.52. The number of rotatable bonds is 2. The quantitative estimate of drug-likeness (QED) is 0.851. The van der Waals surface area contributed by atoms with E-state index in [1.807, 2.05) is 4.90 Å². The van der Waals surface area contributed by atoms with Crippen LogP contribution >= 0.6 is 0 Å². The Kier molecular flexibility index (Phi) is 3.98. The second kappa shape index (κ2) is 5.62. The summed E-state index contributed by atoms with van der Waals surface area (Å²) in [5, 5.41) is 9.64. The zero-order valence-electron chi connectivity index (χ0n) is 13.1. The lowest BCUT2D eigenvalue weighted by atomic mass is 9.58. The number of carboxylic acids is 1. The molecule has 1 saturated heterocycles. The van der Waals surface area contributed by atoms with Gasteiger partial charge in [-0.05, 0) is 70.6 Å².